The van der Waals surface area contributed by atoms with Gasteiger partial charge in [0.25, 0.3) is 0 Å². The molecule has 45 heavy (non-hydrogen) atoms. The van der Waals surface area contributed by atoms with E-state index in [1.54, 1.807) is 31.1 Å². The maximum atomic E-state index is 12.9. The molecular weight excluding hydrogens is 584 g/mol. The number of aromatic nitrogens is 4. The van der Waals surface area contributed by atoms with Crippen LogP contribution in [0.1, 0.15) is 12.8 Å². The van der Waals surface area contributed by atoms with Crippen LogP contribution in [0.2, 0.25) is 0 Å². The molecule has 3 aliphatic rings. The molecule has 0 N–H and O–H groups in total. The fraction of sp³-hybridized carbons (Fsp3) is 0.724. The number of methoxy groups -OCH3 is 4. The van der Waals surface area contributed by atoms with Gasteiger partial charge in [-0.15, -0.1) is 0 Å². The van der Waals surface area contributed by atoms with Crippen molar-refractivity contribution >= 4 is 46.6 Å². The van der Waals surface area contributed by atoms with Crippen LogP contribution in [0.4, 0.5) is 28.3 Å². The summed E-state index contributed by atoms with van der Waals surface area (Å²) in [5.41, 5.74) is 1.23. The number of nitrogens with zero attached hydrogens (tertiary/aromatic N) is 10. The number of anilines is 4. The smallest absolute Gasteiger partial charge is 0.409 e. The molecule has 16 nitrogen and oxygen atoms in total. The lowest BCUT2D eigenvalue weighted by Crippen LogP contribution is -2.49. The molecule has 0 spiro atoms. The van der Waals surface area contributed by atoms with Crippen molar-refractivity contribution in [1.82, 2.24) is 29.7 Å². The first kappa shape index (κ1) is 32.6. The van der Waals surface area contributed by atoms with Crippen LogP contribution in [-0.4, -0.2) is 169 Å². The molecule has 0 atom stereocenters. The summed E-state index contributed by atoms with van der Waals surface area (Å²) in [6.45, 7) is 7.03. The minimum absolute atomic E-state index is 0.0141. The van der Waals surface area contributed by atoms with Gasteiger partial charge in [-0.2, -0.15) is 9.97 Å². The van der Waals surface area contributed by atoms with Gasteiger partial charge in [0.2, 0.25) is 17.8 Å². The summed E-state index contributed by atoms with van der Waals surface area (Å²) in [5.74, 6) is 2.39. The van der Waals surface area contributed by atoms with Crippen LogP contribution in [0.15, 0.2) is 0 Å². The second-order valence-corrected chi connectivity index (χ2v) is 11.5. The van der Waals surface area contributed by atoms with E-state index in [9.17, 15) is 9.59 Å². The minimum atomic E-state index is -0.342. The molecule has 2 amide bonds. The molecule has 0 saturated carbocycles. The topological polar surface area (TPSA) is 142 Å². The molecule has 5 heterocycles. The van der Waals surface area contributed by atoms with E-state index in [-0.39, 0.29) is 24.6 Å². The Labute approximate surface area is 264 Å². The molecular formula is C29H46N10O6. The number of rotatable bonds is 11. The average Bonchev–Trinajstić information content (AvgIpc) is 3.08. The lowest BCUT2D eigenvalue weighted by Gasteiger charge is -2.37. The first-order valence-electron chi connectivity index (χ1n) is 15.5. The SMILES string of the molecule is COCCN(CCOC)c1nc(N2CCN(C)C(=O)C2)c2nc(N3CCN(C(=O)OC)CC3)nc(N3CCC(OC)CC3)c2n1. The zero-order chi connectivity index (χ0) is 31.9. The lowest BCUT2D eigenvalue weighted by atomic mass is 10.1. The van der Waals surface area contributed by atoms with Gasteiger partial charge in [-0.25, -0.2) is 14.8 Å². The third kappa shape index (κ3) is 7.39. The monoisotopic (exact) mass is 630 g/mol. The van der Waals surface area contributed by atoms with Crippen LogP contribution in [0.25, 0.3) is 11.0 Å². The summed E-state index contributed by atoms with van der Waals surface area (Å²) in [4.78, 5) is 57.3. The highest BCUT2D eigenvalue weighted by atomic mass is 16.5. The fourth-order valence-corrected chi connectivity index (χ4v) is 5.86. The van der Waals surface area contributed by atoms with E-state index in [0.717, 1.165) is 31.7 Å². The number of likely N-dealkylation sites (N-methyl/N-ethyl adjacent to an activating group) is 1. The van der Waals surface area contributed by atoms with E-state index in [1.807, 2.05) is 16.8 Å². The zero-order valence-electron chi connectivity index (χ0n) is 27.1. The molecule has 16 heteroatoms. The lowest BCUT2D eigenvalue weighted by molar-refractivity contribution is -0.129. The Balaban J connectivity index is 1.64. The van der Waals surface area contributed by atoms with Gasteiger partial charge >= 0.3 is 6.09 Å². The highest BCUT2D eigenvalue weighted by molar-refractivity contribution is 5.96. The number of amides is 2. The number of fused-ring (bicyclic) bond motifs is 1. The highest BCUT2D eigenvalue weighted by Gasteiger charge is 2.31. The van der Waals surface area contributed by atoms with Crippen LogP contribution in [0.5, 0.6) is 0 Å². The van der Waals surface area contributed by atoms with Crippen molar-refractivity contribution in [3.05, 3.63) is 0 Å². The maximum absolute atomic E-state index is 12.9. The Morgan fingerprint density at radius 1 is 0.778 bits per heavy atom. The van der Waals surface area contributed by atoms with Gasteiger partial charge in [-0.3, -0.25) is 4.79 Å². The number of carbonyl (C=O) groups excluding carboxylic acids is 2. The number of ether oxygens (including phenoxy) is 4. The molecule has 0 bridgehead atoms. The number of piperidine rings is 1. The van der Waals surface area contributed by atoms with E-state index < -0.39 is 0 Å². The molecule has 0 unspecified atom stereocenters. The standard InChI is InChI=1S/C29H46N10O6/c1-34-10-11-39(20-22(34)40)26-24-23(30-28(33-26)37(16-18-42-2)17-19-43-3)25(35-8-6-21(44-4)7-9-35)32-27(31-24)36-12-14-38(15-13-36)29(41)45-5/h21H,6-20H2,1-5H3. The summed E-state index contributed by atoms with van der Waals surface area (Å²) in [5, 5.41) is 0. The van der Waals surface area contributed by atoms with Crippen LogP contribution in [-0.2, 0) is 23.7 Å². The van der Waals surface area contributed by atoms with Crippen molar-refractivity contribution in [2.24, 2.45) is 0 Å². The Kier molecular flexibility index (Phi) is 10.9. The van der Waals surface area contributed by atoms with Crippen LogP contribution < -0.4 is 19.6 Å². The summed E-state index contributed by atoms with van der Waals surface area (Å²) < 4.78 is 21.4. The zero-order valence-corrected chi connectivity index (χ0v) is 27.1. The largest absolute Gasteiger partial charge is 0.453 e. The van der Waals surface area contributed by atoms with Gasteiger partial charge in [0.1, 0.15) is 11.0 Å². The molecule has 2 aromatic rings. The molecule has 0 aromatic carbocycles. The Morgan fingerprint density at radius 3 is 2.00 bits per heavy atom. The highest BCUT2D eigenvalue weighted by Crippen LogP contribution is 2.34. The molecule has 5 rings (SSSR count). The van der Waals surface area contributed by atoms with Crippen molar-refractivity contribution in [2.75, 3.05) is 140 Å². The Bertz CT molecular complexity index is 1310. The number of piperazine rings is 2. The quantitative estimate of drug-likeness (QED) is 0.336. The summed E-state index contributed by atoms with van der Waals surface area (Å²) in [6, 6.07) is 0. The van der Waals surface area contributed by atoms with Gasteiger partial charge in [-0.05, 0) is 12.8 Å². The molecule has 248 valence electrons. The van der Waals surface area contributed by atoms with Crippen molar-refractivity contribution in [2.45, 2.75) is 18.9 Å². The third-order valence-corrected chi connectivity index (χ3v) is 8.72. The van der Waals surface area contributed by atoms with Gasteiger partial charge in [0.15, 0.2) is 11.6 Å². The first-order chi connectivity index (χ1) is 21.9. The van der Waals surface area contributed by atoms with Crippen molar-refractivity contribution in [1.29, 1.82) is 0 Å². The number of hydrogen-bond acceptors (Lipinski definition) is 14. The average molecular weight is 631 g/mol. The van der Waals surface area contributed by atoms with Gasteiger partial charge in [-0.1, -0.05) is 0 Å². The first-order valence-corrected chi connectivity index (χ1v) is 15.5. The third-order valence-electron chi connectivity index (χ3n) is 8.72. The van der Waals surface area contributed by atoms with E-state index in [0.29, 0.717) is 94.3 Å². The normalized spacial score (nSPS) is 18.2. The number of hydrogen-bond donors (Lipinski definition) is 0. The molecule has 3 aliphatic heterocycles. The van der Waals surface area contributed by atoms with Crippen LogP contribution >= 0.6 is 0 Å². The fourth-order valence-electron chi connectivity index (χ4n) is 5.86. The van der Waals surface area contributed by atoms with Gasteiger partial charge in [0, 0.05) is 93.8 Å². The molecule has 2 aromatic heterocycles. The Hall–Kier alpha value is -3.76. The minimum Gasteiger partial charge on any atom is -0.453 e. The predicted molar refractivity (Wildman–Crippen MR) is 169 cm³/mol. The second kappa shape index (κ2) is 15.0. The van der Waals surface area contributed by atoms with Crippen molar-refractivity contribution in [3.63, 3.8) is 0 Å². The predicted octanol–water partition coefficient (Wildman–Crippen LogP) is 0.301. The van der Waals surface area contributed by atoms with Crippen LogP contribution in [0.3, 0.4) is 0 Å². The second-order valence-electron chi connectivity index (χ2n) is 11.5. The summed E-state index contributed by atoms with van der Waals surface area (Å²) in [6.07, 6.45) is 1.57. The Morgan fingerprint density at radius 2 is 1.40 bits per heavy atom. The van der Waals surface area contributed by atoms with Gasteiger partial charge < -0.3 is 48.3 Å². The van der Waals surface area contributed by atoms with Crippen molar-refractivity contribution < 1.29 is 28.5 Å². The summed E-state index contributed by atoms with van der Waals surface area (Å²) in [7, 11) is 8.30. The van der Waals surface area contributed by atoms with E-state index >= 15 is 0 Å². The van der Waals surface area contributed by atoms with E-state index in [1.165, 1.54) is 7.11 Å². The summed E-state index contributed by atoms with van der Waals surface area (Å²) >= 11 is 0. The van der Waals surface area contributed by atoms with Crippen LogP contribution in [0, 0.1) is 0 Å². The molecule has 3 saturated heterocycles. The van der Waals surface area contributed by atoms with E-state index in [4.69, 9.17) is 38.9 Å². The molecule has 0 radical (unpaired) electrons. The molecule has 3 fully saturated rings. The van der Waals surface area contributed by atoms with Crippen molar-refractivity contribution in [3.8, 4) is 0 Å². The van der Waals surface area contributed by atoms with Gasteiger partial charge in [0.05, 0.1) is 33.0 Å². The maximum Gasteiger partial charge on any atom is 0.409 e. The van der Waals surface area contributed by atoms with E-state index in [2.05, 4.69) is 9.80 Å². The molecule has 0 aliphatic carbocycles. The number of carbonyl (C=O) groups is 2.